The van der Waals surface area contributed by atoms with Crippen molar-refractivity contribution in [1.29, 1.82) is 5.26 Å². The van der Waals surface area contributed by atoms with Gasteiger partial charge in [0.25, 0.3) is 11.8 Å². The van der Waals surface area contributed by atoms with E-state index in [9.17, 15) is 28.1 Å². The summed E-state index contributed by atoms with van der Waals surface area (Å²) in [5, 5.41) is 13.8. The minimum atomic E-state index is -3.82. The molecule has 0 radical (unpaired) electrons. The highest BCUT2D eigenvalue weighted by Gasteiger charge is 2.37. The molecule has 0 saturated heterocycles. The average Bonchev–Trinajstić information content (AvgIpc) is 3.00. The fourth-order valence-corrected chi connectivity index (χ4v) is 5.21. The van der Waals surface area contributed by atoms with E-state index in [2.05, 4.69) is 22.2 Å². The summed E-state index contributed by atoms with van der Waals surface area (Å²) in [6, 6.07) is 7.63. The molecule has 2 N–H and O–H groups in total. The molecule has 2 amide bonds. The van der Waals surface area contributed by atoms with Crippen molar-refractivity contribution in [3.8, 4) is 6.07 Å². The van der Waals surface area contributed by atoms with Gasteiger partial charge in [0.2, 0.25) is 10.0 Å². The Labute approximate surface area is 260 Å². The maximum absolute atomic E-state index is 13.3. The van der Waals surface area contributed by atoms with E-state index < -0.39 is 27.3 Å². The molecule has 1 aromatic carbocycles. The minimum Gasteiger partial charge on any atom is -0.463 e. The third-order valence-electron chi connectivity index (χ3n) is 7.63. The number of unbranched alkanes of at least 4 members (excludes halogenated alkanes) is 1. The van der Waals surface area contributed by atoms with Gasteiger partial charge in [-0.2, -0.15) is 10.4 Å². The molecule has 12 nitrogen and oxygen atoms in total. The Balaban J connectivity index is 1.99. The van der Waals surface area contributed by atoms with Crippen LogP contribution < -0.4 is 10.1 Å². The van der Waals surface area contributed by atoms with Crippen LogP contribution >= 0.6 is 0 Å². The van der Waals surface area contributed by atoms with Gasteiger partial charge in [-0.3, -0.25) is 24.7 Å². The highest BCUT2D eigenvalue weighted by atomic mass is 32.2. The van der Waals surface area contributed by atoms with E-state index in [0.717, 1.165) is 30.6 Å². The molecule has 1 atom stereocenters. The number of imide groups is 1. The lowest BCUT2D eigenvalue weighted by Gasteiger charge is -2.29. The van der Waals surface area contributed by atoms with Crippen LogP contribution in [0.25, 0.3) is 0 Å². The van der Waals surface area contributed by atoms with E-state index in [1.54, 1.807) is 13.8 Å². The van der Waals surface area contributed by atoms with E-state index in [1.165, 1.54) is 31.2 Å². The molecular formula is C31H45N5O7S. The van der Waals surface area contributed by atoms with E-state index in [4.69, 9.17) is 9.47 Å². The van der Waals surface area contributed by atoms with Gasteiger partial charge in [0.15, 0.2) is 5.71 Å². The Morgan fingerprint density at radius 3 is 2.36 bits per heavy atom. The predicted octanol–water partition coefficient (Wildman–Crippen LogP) is 4.15. The second-order valence-corrected chi connectivity index (χ2v) is 13.0. The van der Waals surface area contributed by atoms with Gasteiger partial charge in [-0.05, 0) is 63.8 Å². The number of hydrogen-bond donors (Lipinski definition) is 2. The number of carbonyl (C=O) groups is 3. The molecular weight excluding hydrogens is 586 g/mol. The summed E-state index contributed by atoms with van der Waals surface area (Å²) in [6.07, 6.45) is 4.28. The number of nitriles is 1. The van der Waals surface area contributed by atoms with Crippen molar-refractivity contribution in [2.24, 2.45) is 16.4 Å². The summed E-state index contributed by atoms with van der Waals surface area (Å²) in [6.45, 7) is 11.6. The number of sulfonamides is 1. The van der Waals surface area contributed by atoms with Crippen molar-refractivity contribution in [3.05, 3.63) is 35.4 Å². The van der Waals surface area contributed by atoms with Crippen molar-refractivity contribution in [3.63, 3.8) is 0 Å². The number of hydrazone groups is 1. The van der Waals surface area contributed by atoms with Crippen LogP contribution in [-0.2, 0) is 33.9 Å². The monoisotopic (exact) mass is 631 g/mol. The summed E-state index contributed by atoms with van der Waals surface area (Å²) in [5.41, 5.74) is 2.58. The number of benzene rings is 1. The Bertz CT molecular complexity index is 1380. The van der Waals surface area contributed by atoms with Crippen LogP contribution in [0.15, 0.2) is 45.4 Å². The Hall–Kier alpha value is -3.60. The van der Waals surface area contributed by atoms with Crippen LogP contribution in [0.2, 0.25) is 0 Å². The highest BCUT2D eigenvalue weighted by Crippen LogP contribution is 2.23. The predicted molar refractivity (Wildman–Crippen MR) is 167 cm³/mol. The molecule has 1 aromatic rings. The largest absolute Gasteiger partial charge is 0.463 e. The molecule has 0 bridgehead atoms. The Morgan fingerprint density at radius 1 is 1.09 bits per heavy atom. The minimum absolute atomic E-state index is 0.0116. The van der Waals surface area contributed by atoms with E-state index in [0.29, 0.717) is 12.1 Å². The Kier molecular flexibility index (Phi) is 14.2. The maximum Gasteiger partial charge on any atom is 0.311 e. The lowest BCUT2D eigenvalue weighted by molar-refractivity contribution is -0.155. The number of nitrogens with one attached hydrogen (secondary N) is 2. The zero-order chi connectivity index (χ0) is 32.9. The number of anilines is 1. The molecule has 0 spiro atoms. The van der Waals surface area contributed by atoms with Gasteiger partial charge in [-0.1, -0.05) is 40.0 Å². The van der Waals surface area contributed by atoms with Crippen LogP contribution in [0.4, 0.5) is 5.69 Å². The molecule has 1 aliphatic rings. The average molecular weight is 632 g/mol. The smallest absolute Gasteiger partial charge is 0.311 e. The van der Waals surface area contributed by atoms with Gasteiger partial charge >= 0.3 is 5.97 Å². The van der Waals surface area contributed by atoms with Crippen LogP contribution in [-0.4, -0.2) is 69.7 Å². The first-order valence-corrected chi connectivity index (χ1v) is 16.5. The van der Waals surface area contributed by atoms with E-state index in [1.807, 2.05) is 19.9 Å². The number of hydrogen-bond acceptors (Lipinski definition) is 10. The van der Waals surface area contributed by atoms with Crippen molar-refractivity contribution in [2.75, 3.05) is 38.3 Å². The number of amides is 2. The zero-order valence-electron chi connectivity index (χ0n) is 26.6. The molecule has 44 heavy (non-hydrogen) atoms. The van der Waals surface area contributed by atoms with E-state index >= 15 is 0 Å². The normalized spacial score (nSPS) is 15.8. The second-order valence-electron chi connectivity index (χ2n) is 11.2. The summed E-state index contributed by atoms with van der Waals surface area (Å²) >= 11 is 0. The first-order chi connectivity index (χ1) is 20.8. The van der Waals surface area contributed by atoms with Crippen LogP contribution in [0.3, 0.4) is 0 Å². The van der Waals surface area contributed by atoms with Crippen LogP contribution in [0, 0.1) is 22.7 Å². The van der Waals surface area contributed by atoms with Crippen molar-refractivity contribution < 1.29 is 32.3 Å². The zero-order valence-corrected chi connectivity index (χ0v) is 27.4. The van der Waals surface area contributed by atoms with Gasteiger partial charge in [-0.15, -0.1) is 0 Å². The first-order valence-electron chi connectivity index (χ1n) is 15.0. The molecule has 1 heterocycles. The third kappa shape index (κ3) is 9.97. The van der Waals surface area contributed by atoms with Gasteiger partial charge in [-0.25, -0.2) is 13.1 Å². The highest BCUT2D eigenvalue weighted by molar-refractivity contribution is 7.89. The van der Waals surface area contributed by atoms with Crippen LogP contribution in [0.5, 0.6) is 0 Å². The third-order valence-corrected chi connectivity index (χ3v) is 9.11. The number of ether oxygens (including phenoxy) is 2. The molecule has 0 aromatic heterocycles. The fraction of sp³-hybridized carbons (Fsp3) is 0.581. The van der Waals surface area contributed by atoms with E-state index in [-0.39, 0.29) is 66.6 Å². The summed E-state index contributed by atoms with van der Waals surface area (Å²) in [5.74, 6) is -1.39. The maximum atomic E-state index is 13.3. The van der Waals surface area contributed by atoms with Gasteiger partial charge < -0.3 is 9.47 Å². The topological polar surface area (TPSA) is 167 Å². The lowest BCUT2D eigenvalue weighted by Crippen LogP contribution is -2.48. The van der Waals surface area contributed by atoms with Crippen molar-refractivity contribution in [1.82, 2.24) is 9.62 Å². The van der Waals surface area contributed by atoms with Crippen molar-refractivity contribution in [2.45, 2.75) is 78.5 Å². The molecule has 1 aliphatic heterocycles. The molecule has 2 rings (SSSR count). The summed E-state index contributed by atoms with van der Waals surface area (Å²) < 4.78 is 38.3. The fourth-order valence-electron chi connectivity index (χ4n) is 4.19. The first kappa shape index (κ1) is 36.6. The molecule has 1 unspecified atom stereocenters. The lowest BCUT2D eigenvalue weighted by atomic mass is 9.91. The summed E-state index contributed by atoms with van der Waals surface area (Å²) in [7, 11) is -3.82. The number of nitrogens with zero attached hydrogens (tertiary/aromatic N) is 3. The number of rotatable bonds is 18. The van der Waals surface area contributed by atoms with Gasteiger partial charge in [0, 0.05) is 18.7 Å². The summed E-state index contributed by atoms with van der Waals surface area (Å²) in [4.78, 5) is 39.3. The number of esters is 1. The SMILES string of the molecule is CCCCC(CC)CN1C(=O)C(C#N)=C(C)/C(=N/Nc2ccc(S(=O)(=O)NCCOCCOC(=O)C(C)(C)CC)cc2)C1=O. The molecule has 0 fully saturated rings. The Morgan fingerprint density at radius 2 is 1.77 bits per heavy atom. The molecule has 13 heteroatoms. The molecule has 242 valence electrons. The van der Waals surface area contributed by atoms with Crippen LogP contribution in [0.1, 0.15) is 73.6 Å². The molecule has 0 saturated carbocycles. The van der Waals surface area contributed by atoms with Crippen molar-refractivity contribution >= 4 is 39.2 Å². The quantitative estimate of drug-likeness (QED) is 0.105. The standard InChI is InChI=1S/C31H45N5O7S/c1-7-10-11-23(8-2)21-36-28(37)26(20-32)22(4)27(29(36)38)35-34-24-12-14-25(15-13-24)44(40,41)33-16-17-42-18-19-43-30(39)31(5,6)9-3/h12-15,23,33-34H,7-11,16-19,21H2,1-6H3/b35-27-. The van der Waals surface area contributed by atoms with Gasteiger partial charge in [0.1, 0.15) is 18.2 Å². The van der Waals surface area contributed by atoms with Gasteiger partial charge in [0.05, 0.1) is 29.2 Å². The molecule has 0 aliphatic carbocycles. The number of carbonyl (C=O) groups excluding carboxylic acids is 3. The second kappa shape index (κ2) is 17.0.